The molecular weight excluding hydrogens is 208 g/mol. The van der Waals surface area contributed by atoms with Crippen molar-refractivity contribution in [2.45, 2.75) is 24.7 Å². The van der Waals surface area contributed by atoms with Crippen molar-refractivity contribution < 1.29 is 4.79 Å². The van der Waals surface area contributed by atoms with Crippen LogP contribution in [0.2, 0.25) is 0 Å². The molecule has 1 atom stereocenters. The van der Waals surface area contributed by atoms with Gasteiger partial charge in [0.2, 0.25) is 0 Å². The van der Waals surface area contributed by atoms with Crippen LogP contribution >= 0.6 is 11.6 Å². The largest absolute Gasteiger partial charge is 0.302 e. The van der Waals surface area contributed by atoms with Gasteiger partial charge in [-0.25, -0.2) is 0 Å². The summed E-state index contributed by atoms with van der Waals surface area (Å²) in [7, 11) is 0. The van der Waals surface area contributed by atoms with Gasteiger partial charge in [0.05, 0.1) is 5.41 Å². The number of hydrogen-bond acceptors (Lipinski definition) is 1. The second-order valence-electron chi connectivity index (χ2n) is 4.00. The van der Waals surface area contributed by atoms with E-state index in [1.54, 1.807) is 0 Å². The highest BCUT2D eigenvalue weighted by Crippen LogP contribution is 2.40. The molecule has 1 nitrogen and oxygen atoms in total. The number of rotatable bonds is 3. The normalized spacial score (nSPS) is 24.3. The SMILES string of the molecule is O=CC1(C/C=C/Cl)CCc2ccccc21. The Morgan fingerprint density at radius 3 is 2.93 bits per heavy atom. The molecule has 0 amide bonds. The third kappa shape index (κ3) is 1.72. The summed E-state index contributed by atoms with van der Waals surface area (Å²) in [5.41, 5.74) is 3.64. The molecule has 0 aliphatic heterocycles. The molecule has 2 rings (SSSR count). The monoisotopic (exact) mass is 220 g/mol. The average molecular weight is 221 g/mol. The molecule has 1 aromatic carbocycles. The van der Waals surface area contributed by atoms with E-state index in [1.807, 2.05) is 18.2 Å². The predicted molar refractivity (Wildman–Crippen MR) is 62.1 cm³/mol. The first-order valence-corrected chi connectivity index (χ1v) is 5.56. The van der Waals surface area contributed by atoms with Gasteiger partial charge in [-0.05, 0) is 30.4 Å². The van der Waals surface area contributed by atoms with Crippen LogP contribution in [0.1, 0.15) is 24.0 Å². The van der Waals surface area contributed by atoms with E-state index in [-0.39, 0.29) is 5.41 Å². The minimum Gasteiger partial charge on any atom is -0.302 e. The lowest BCUT2D eigenvalue weighted by molar-refractivity contribution is -0.112. The van der Waals surface area contributed by atoms with E-state index in [0.717, 1.165) is 19.1 Å². The summed E-state index contributed by atoms with van der Waals surface area (Å²) in [5, 5.41) is 0. The number of allylic oxidation sites excluding steroid dienone is 1. The third-order valence-electron chi connectivity index (χ3n) is 3.19. The molecule has 1 aromatic rings. The van der Waals surface area contributed by atoms with Crippen molar-refractivity contribution in [3.8, 4) is 0 Å². The van der Waals surface area contributed by atoms with Crippen molar-refractivity contribution in [1.29, 1.82) is 0 Å². The molecule has 0 spiro atoms. The van der Waals surface area contributed by atoms with Crippen molar-refractivity contribution in [1.82, 2.24) is 0 Å². The first-order valence-electron chi connectivity index (χ1n) is 5.12. The molecule has 15 heavy (non-hydrogen) atoms. The fourth-order valence-corrected chi connectivity index (χ4v) is 2.44. The molecule has 0 radical (unpaired) electrons. The minimum absolute atomic E-state index is 0.331. The van der Waals surface area contributed by atoms with Gasteiger partial charge in [0, 0.05) is 5.54 Å². The minimum atomic E-state index is -0.331. The fraction of sp³-hybridized carbons (Fsp3) is 0.308. The van der Waals surface area contributed by atoms with E-state index in [9.17, 15) is 4.79 Å². The lowest BCUT2D eigenvalue weighted by atomic mass is 9.80. The Morgan fingerprint density at radius 1 is 1.40 bits per heavy atom. The summed E-state index contributed by atoms with van der Waals surface area (Å²) in [6.07, 6.45) is 5.53. The molecule has 0 saturated heterocycles. The predicted octanol–water partition coefficient (Wildman–Crippen LogP) is 3.21. The van der Waals surface area contributed by atoms with Crippen LogP contribution in [-0.2, 0) is 16.6 Å². The van der Waals surface area contributed by atoms with E-state index in [4.69, 9.17) is 11.6 Å². The first kappa shape index (κ1) is 10.4. The standard InChI is InChI=1S/C13H13ClO/c14-9-3-7-13(10-15)8-6-11-4-1-2-5-12(11)13/h1-5,9-10H,6-8H2/b9-3+. The zero-order valence-electron chi connectivity index (χ0n) is 8.45. The van der Waals surface area contributed by atoms with Gasteiger partial charge in [-0.1, -0.05) is 41.9 Å². The molecule has 2 heteroatoms. The molecular formula is C13H13ClO. The topological polar surface area (TPSA) is 17.1 Å². The van der Waals surface area contributed by atoms with Gasteiger partial charge in [0.1, 0.15) is 6.29 Å². The van der Waals surface area contributed by atoms with Crippen molar-refractivity contribution >= 4 is 17.9 Å². The molecule has 0 heterocycles. The second kappa shape index (κ2) is 4.19. The number of hydrogen-bond donors (Lipinski definition) is 0. The summed E-state index contributed by atoms with van der Waals surface area (Å²) in [6.45, 7) is 0. The number of carbonyl (C=O) groups excluding carboxylic acids is 1. The van der Waals surface area contributed by atoms with Crippen molar-refractivity contribution in [2.75, 3.05) is 0 Å². The Bertz CT molecular complexity index is 397. The maximum absolute atomic E-state index is 11.3. The van der Waals surface area contributed by atoms with Gasteiger partial charge in [0.15, 0.2) is 0 Å². The molecule has 0 aromatic heterocycles. The number of carbonyl (C=O) groups is 1. The van der Waals surface area contributed by atoms with E-state index < -0.39 is 0 Å². The maximum atomic E-state index is 11.3. The van der Waals surface area contributed by atoms with Crippen LogP contribution in [0.4, 0.5) is 0 Å². The van der Waals surface area contributed by atoms with E-state index in [1.165, 1.54) is 16.7 Å². The Balaban J connectivity index is 2.40. The van der Waals surface area contributed by atoms with Gasteiger partial charge in [-0.15, -0.1) is 0 Å². The van der Waals surface area contributed by atoms with Gasteiger partial charge >= 0.3 is 0 Å². The molecule has 1 unspecified atom stereocenters. The van der Waals surface area contributed by atoms with Crippen LogP contribution in [0.3, 0.4) is 0 Å². The Morgan fingerprint density at radius 2 is 2.20 bits per heavy atom. The second-order valence-corrected chi connectivity index (χ2v) is 4.25. The highest BCUT2D eigenvalue weighted by molar-refractivity contribution is 6.25. The number of halogens is 1. The van der Waals surface area contributed by atoms with Crippen LogP contribution in [0, 0.1) is 0 Å². The molecule has 0 fully saturated rings. The smallest absolute Gasteiger partial charge is 0.130 e. The Hall–Kier alpha value is -1.08. The number of benzene rings is 1. The molecule has 0 N–H and O–H groups in total. The Kier molecular flexibility index (Phi) is 2.92. The average Bonchev–Trinajstić information content (AvgIpc) is 2.66. The lowest BCUT2D eigenvalue weighted by Gasteiger charge is -2.21. The third-order valence-corrected chi connectivity index (χ3v) is 3.37. The van der Waals surface area contributed by atoms with Crippen molar-refractivity contribution in [3.05, 3.63) is 47.0 Å². The van der Waals surface area contributed by atoms with Gasteiger partial charge in [-0.3, -0.25) is 0 Å². The van der Waals surface area contributed by atoms with E-state index in [0.29, 0.717) is 6.42 Å². The number of fused-ring (bicyclic) bond motifs is 1. The summed E-state index contributed by atoms with van der Waals surface area (Å²) >= 11 is 5.53. The highest BCUT2D eigenvalue weighted by Gasteiger charge is 2.37. The summed E-state index contributed by atoms with van der Waals surface area (Å²) in [5.74, 6) is 0. The van der Waals surface area contributed by atoms with Crippen LogP contribution < -0.4 is 0 Å². The lowest BCUT2D eigenvalue weighted by Crippen LogP contribution is -2.23. The zero-order valence-corrected chi connectivity index (χ0v) is 9.20. The summed E-state index contributed by atoms with van der Waals surface area (Å²) in [6, 6.07) is 8.17. The van der Waals surface area contributed by atoms with Gasteiger partial charge in [0.25, 0.3) is 0 Å². The molecule has 1 aliphatic carbocycles. The molecule has 78 valence electrons. The maximum Gasteiger partial charge on any atom is 0.130 e. The highest BCUT2D eigenvalue weighted by atomic mass is 35.5. The quantitative estimate of drug-likeness (QED) is 0.715. The van der Waals surface area contributed by atoms with Crippen molar-refractivity contribution in [2.24, 2.45) is 0 Å². The van der Waals surface area contributed by atoms with Crippen molar-refractivity contribution in [3.63, 3.8) is 0 Å². The zero-order chi connectivity index (χ0) is 10.7. The Labute approximate surface area is 94.8 Å². The van der Waals surface area contributed by atoms with Crippen LogP contribution in [0.15, 0.2) is 35.9 Å². The fourth-order valence-electron chi connectivity index (χ4n) is 2.35. The van der Waals surface area contributed by atoms with E-state index in [2.05, 4.69) is 12.1 Å². The summed E-state index contributed by atoms with van der Waals surface area (Å²) in [4.78, 5) is 11.3. The first-order chi connectivity index (χ1) is 7.32. The molecule has 0 bridgehead atoms. The van der Waals surface area contributed by atoms with Gasteiger partial charge in [-0.2, -0.15) is 0 Å². The molecule has 0 saturated carbocycles. The van der Waals surface area contributed by atoms with E-state index >= 15 is 0 Å². The number of aryl methyl sites for hydroxylation is 1. The molecule has 1 aliphatic rings. The summed E-state index contributed by atoms with van der Waals surface area (Å²) < 4.78 is 0. The van der Waals surface area contributed by atoms with Crippen LogP contribution in [0.5, 0.6) is 0 Å². The van der Waals surface area contributed by atoms with Gasteiger partial charge < -0.3 is 4.79 Å². The van der Waals surface area contributed by atoms with Crippen LogP contribution in [0.25, 0.3) is 0 Å². The number of aldehydes is 1. The van der Waals surface area contributed by atoms with Crippen LogP contribution in [-0.4, -0.2) is 6.29 Å².